The maximum absolute atomic E-state index is 11.9. The van der Waals surface area contributed by atoms with E-state index in [1.165, 1.54) is 6.21 Å². The summed E-state index contributed by atoms with van der Waals surface area (Å²) in [6.07, 6.45) is 1.40. The first-order chi connectivity index (χ1) is 13.9. The van der Waals surface area contributed by atoms with Crippen molar-refractivity contribution in [1.82, 2.24) is 5.43 Å². The van der Waals surface area contributed by atoms with Crippen molar-refractivity contribution in [3.8, 4) is 17.2 Å². The van der Waals surface area contributed by atoms with E-state index in [0.29, 0.717) is 33.2 Å². The zero-order valence-electron chi connectivity index (χ0n) is 15.4. The topological polar surface area (TPSA) is 106 Å². The van der Waals surface area contributed by atoms with E-state index in [9.17, 15) is 9.59 Å². The normalized spacial score (nSPS) is 10.6. The summed E-state index contributed by atoms with van der Waals surface area (Å²) in [6, 6.07) is 10.1. The molecule has 10 heteroatoms. The van der Waals surface area contributed by atoms with Gasteiger partial charge in [0.2, 0.25) is 0 Å². The largest absolute Gasteiger partial charge is 0.490 e. The number of carbonyl (C=O) groups excluding carboxylic acids is 1. The summed E-state index contributed by atoms with van der Waals surface area (Å²) in [7, 11) is 0. The summed E-state index contributed by atoms with van der Waals surface area (Å²) in [5.41, 5.74) is 2.94. The smallest absolute Gasteiger partial charge is 0.341 e. The predicted molar refractivity (Wildman–Crippen MR) is 111 cm³/mol. The van der Waals surface area contributed by atoms with Crippen molar-refractivity contribution in [2.75, 3.05) is 19.8 Å². The minimum absolute atomic E-state index is 0.253. The highest BCUT2D eigenvalue weighted by Crippen LogP contribution is 2.36. The third-order valence-electron chi connectivity index (χ3n) is 3.27. The predicted octanol–water partition coefficient (Wildman–Crippen LogP) is 3.49. The number of hydrogen-bond acceptors (Lipinski definition) is 6. The molecule has 2 aromatic carbocycles. The lowest BCUT2D eigenvalue weighted by molar-refractivity contribution is -0.139. The number of hydrogen-bond donors (Lipinski definition) is 2. The van der Waals surface area contributed by atoms with Crippen molar-refractivity contribution in [2.45, 2.75) is 6.92 Å². The summed E-state index contributed by atoms with van der Waals surface area (Å²) in [4.78, 5) is 22.6. The van der Waals surface area contributed by atoms with E-state index in [2.05, 4.69) is 26.5 Å². The van der Waals surface area contributed by atoms with Gasteiger partial charge in [0, 0.05) is 0 Å². The lowest BCUT2D eigenvalue weighted by Gasteiger charge is -2.13. The molecule has 0 saturated carbocycles. The Bertz CT molecular complexity index is 906. The highest BCUT2D eigenvalue weighted by atomic mass is 79.9. The molecule has 0 radical (unpaired) electrons. The molecular weight excluding hydrogens is 468 g/mol. The molecule has 0 fully saturated rings. The maximum atomic E-state index is 11.9. The Balaban J connectivity index is 1.99. The molecule has 0 bridgehead atoms. The van der Waals surface area contributed by atoms with Crippen LogP contribution in [0.25, 0.3) is 0 Å². The van der Waals surface area contributed by atoms with Gasteiger partial charge >= 0.3 is 5.97 Å². The number of carbonyl (C=O) groups is 2. The van der Waals surface area contributed by atoms with Crippen LogP contribution in [0, 0.1) is 0 Å². The molecule has 1 amide bonds. The standard InChI is InChI=1S/C19H18BrClN2O6/c1-2-27-16-8-12(7-13(20)19(16)29-11-18(25)26)9-22-23-17(24)10-28-15-6-4-3-5-14(15)21/h3-9H,2,10-11H2,1H3,(H,23,24)(H,25,26)/b22-9-. The first-order valence-corrected chi connectivity index (χ1v) is 9.58. The molecule has 2 aromatic rings. The number of nitrogens with zero attached hydrogens (tertiary/aromatic N) is 1. The number of benzene rings is 2. The number of aliphatic carboxylic acids is 1. The van der Waals surface area contributed by atoms with Crippen molar-refractivity contribution in [3.05, 3.63) is 51.5 Å². The average molecular weight is 486 g/mol. The average Bonchev–Trinajstić information content (AvgIpc) is 2.67. The molecule has 0 aliphatic rings. The first kappa shape index (κ1) is 22.5. The van der Waals surface area contributed by atoms with Crippen molar-refractivity contribution < 1.29 is 28.9 Å². The minimum atomic E-state index is -1.10. The van der Waals surface area contributed by atoms with E-state index < -0.39 is 18.5 Å². The van der Waals surface area contributed by atoms with E-state index in [1.807, 2.05) is 0 Å². The molecule has 154 valence electrons. The second-order valence-corrected chi connectivity index (χ2v) is 6.72. The van der Waals surface area contributed by atoms with Crippen molar-refractivity contribution in [2.24, 2.45) is 5.10 Å². The van der Waals surface area contributed by atoms with Crippen LogP contribution in [-0.4, -0.2) is 43.0 Å². The molecule has 0 heterocycles. The highest BCUT2D eigenvalue weighted by Gasteiger charge is 2.13. The summed E-state index contributed by atoms with van der Waals surface area (Å²) < 4.78 is 16.5. The van der Waals surface area contributed by atoms with Crippen molar-refractivity contribution in [1.29, 1.82) is 0 Å². The van der Waals surface area contributed by atoms with Gasteiger partial charge in [-0.3, -0.25) is 4.79 Å². The molecule has 2 rings (SSSR count). The van der Waals surface area contributed by atoms with Gasteiger partial charge in [-0.1, -0.05) is 23.7 Å². The second kappa shape index (κ2) is 11.3. The Morgan fingerprint density at radius 1 is 1.17 bits per heavy atom. The fourth-order valence-electron chi connectivity index (χ4n) is 2.12. The Kier molecular flexibility index (Phi) is 8.75. The van der Waals surface area contributed by atoms with Gasteiger partial charge in [0.25, 0.3) is 5.91 Å². The van der Waals surface area contributed by atoms with Gasteiger partial charge in [0.05, 0.1) is 22.3 Å². The molecular formula is C19H18BrClN2O6. The molecule has 0 aromatic heterocycles. The van der Waals surface area contributed by atoms with Crippen molar-refractivity contribution >= 4 is 45.6 Å². The molecule has 2 N–H and O–H groups in total. The number of rotatable bonds is 10. The second-order valence-electron chi connectivity index (χ2n) is 5.46. The van der Waals surface area contributed by atoms with Crippen LogP contribution < -0.4 is 19.6 Å². The molecule has 0 spiro atoms. The minimum Gasteiger partial charge on any atom is -0.490 e. The number of ether oxygens (including phenoxy) is 3. The number of halogens is 2. The molecule has 29 heavy (non-hydrogen) atoms. The lowest BCUT2D eigenvalue weighted by atomic mass is 10.2. The maximum Gasteiger partial charge on any atom is 0.341 e. The summed E-state index contributed by atoms with van der Waals surface area (Å²) in [5, 5.41) is 13.1. The number of amides is 1. The molecule has 0 saturated heterocycles. The Hall–Kier alpha value is -2.78. The van der Waals surface area contributed by atoms with E-state index in [-0.39, 0.29) is 12.4 Å². The molecule has 0 atom stereocenters. The number of carboxylic acid groups (broad SMARTS) is 1. The van der Waals surface area contributed by atoms with Crippen LogP contribution in [-0.2, 0) is 9.59 Å². The first-order valence-electron chi connectivity index (χ1n) is 8.40. The number of para-hydroxylation sites is 1. The van der Waals surface area contributed by atoms with Crippen LogP contribution in [0.5, 0.6) is 17.2 Å². The van der Waals surface area contributed by atoms with Crippen LogP contribution in [0.2, 0.25) is 5.02 Å². The van der Waals surface area contributed by atoms with Gasteiger partial charge in [-0.15, -0.1) is 0 Å². The van der Waals surface area contributed by atoms with Crippen LogP contribution in [0.1, 0.15) is 12.5 Å². The van der Waals surface area contributed by atoms with Crippen molar-refractivity contribution in [3.63, 3.8) is 0 Å². The fourth-order valence-corrected chi connectivity index (χ4v) is 2.88. The zero-order chi connectivity index (χ0) is 21.2. The lowest BCUT2D eigenvalue weighted by Crippen LogP contribution is -2.24. The van der Waals surface area contributed by atoms with E-state index in [0.717, 1.165) is 0 Å². The van der Waals surface area contributed by atoms with Gasteiger partial charge in [-0.25, -0.2) is 10.2 Å². The van der Waals surface area contributed by atoms with Crippen LogP contribution >= 0.6 is 27.5 Å². The van der Waals surface area contributed by atoms with Gasteiger partial charge in [0.15, 0.2) is 24.7 Å². The number of carboxylic acids is 1. The quantitative estimate of drug-likeness (QED) is 0.394. The van der Waals surface area contributed by atoms with Gasteiger partial charge in [-0.2, -0.15) is 5.10 Å². The zero-order valence-corrected chi connectivity index (χ0v) is 17.7. The van der Waals surface area contributed by atoms with Crippen LogP contribution in [0.3, 0.4) is 0 Å². The molecule has 0 aliphatic carbocycles. The van der Waals surface area contributed by atoms with E-state index in [4.69, 9.17) is 30.9 Å². The number of nitrogens with one attached hydrogen (secondary N) is 1. The summed E-state index contributed by atoms with van der Waals surface area (Å²) in [6.45, 7) is 1.38. The molecule has 0 unspecified atom stereocenters. The van der Waals surface area contributed by atoms with Crippen LogP contribution in [0.15, 0.2) is 46.0 Å². The van der Waals surface area contributed by atoms with Gasteiger partial charge in [0.1, 0.15) is 5.75 Å². The molecule has 0 aliphatic heterocycles. The Morgan fingerprint density at radius 2 is 1.93 bits per heavy atom. The fraction of sp³-hybridized carbons (Fsp3) is 0.211. The summed E-state index contributed by atoms with van der Waals surface area (Å²) >= 11 is 9.27. The molecule has 8 nitrogen and oxygen atoms in total. The Morgan fingerprint density at radius 3 is 2.62 bits per heavy atom. The summed E-state index contributed by atoms with van der Waals surface area (Å²) in [5.74, 6) is -0.560. The van der Waals surface area contributed by atoms with Crippen LogP contribution in [0.4, 0.5) is 0 Å². The van der Waals surface area contributed by atoms with Gasteiger partial charge < -0.3 is 19.3 Å². The monoisotopic (exact) mass is 484 g/mol. The SMILES string of the molecule is CCOc1cc(/C=N\NC(=O)COc2ccccc2Cl)cc(Br)c1OCC(=O)O. The number of hydrazone groups is 1. The third kappa shape index (κ3) is 7.28. The van der Waals surface area contributed by atoms with E-state index >= 15 is 0 Å². The van der Waals surface area contributed by atoms with Gasteiger partial charge in [-0.05, 0) is 52.7 Å². The highest BCUT2D eigenvalue weighted by molar-refractivity contribution is 9.10. The third-order valence-corrected chi connectivity index (χ3v) is 4.17. The Labute approximate surface area is 180 Å². The van der Waals surface area contributed by atoms with E-state index in [1.54, 1.807) is 43.3 Å².